The minimum absolute atomic E-state index is 0.328. The number of aromatic nitrogens is 2. The Morgan fingerprint density at radius 3 is 2.63 bits per heavy atom. The monoisotopic (exact) mass is 280 g/mol. The fraction of sp³-hybridized carbons (Fsp3) is 0.786. The Hall–Kier alpha value is -0.520. The second-order valence-corrected chi connectivity index (χ2v) is 7.80. The van der Waals surface area contributed by atoms with Crippen LogP contribution in [0.15, 0.2) is 12.5 Å². The van der Waals surface area contributed by atoms with Gasteiger partial charge in [-0.3, -0.25) is 4.90 Å². The molecule has 3 atom stereocenters. The van der Waals surface area contributed by atoms with E-state index < -0.39 is 0 Å². The van der Waals surface area contributed by atoms with Crippen molar-refractivity contribution in [3.05, 3.63) is 18.2 Å². The standard InChI is InChI=1S/C14H24N4S/c1-10-7-17(8-11(2)19-10)13(5-15)14-6-16-9-18(14)12-3-4-12/h6,9-13H,3-5,7-8,15H2,1-2H3. The van der Waals surface area contributed by atoms with Crippen LogP contribution in [0.1, 0.15) is 44.5 Å². The molecule has 4 nitrogen and oxygen atoms in total. The summed E-state index contributed by atoms with van der Waals surface area (Å²) in [4.78, 5) is 6.92. The van der Waals surface area contributed by atoms with E-state index >= 15 is 0 Å². The molecule has 2 aliphatic rings. The van der Waals surface area contributed by atoms with Crippen LogP contribution in [0.2, 0.25) is 0 Å². The molecule has 0 aromatic carbocycles. The van der Waals surface area contributed by atoms with Crippen LogP contribution in [0, 0.1) is 0 Å². The van der Waals surface area contributed by atoms with Crippen LogP contribution >= 0.6 is 11.8 Å². The molecule has 3 rings (SSSR count). The fourth-order valence-corrected chi connectivity index (χ4v) is 4.51. The van der Waals surface area contributed by atoms with Gasteiger partial charge in [0.05, 0.1) is 18.1 Å². The lowest BCUT2D eigenvalue weighted by atomic mass is 10.1. The SMILES string of the molecule is CC1CN(C(CN)c2cncn2C2CC2)CC(C)S1. The molecule has 0 amide bonds. The fourth-order valence-electron chi connectivity index (χ4n) is 3.16. The summed E-state index contributed by atoms with van der Waals surface area (Å²) in [7, 11) is 0. The predicted octanol–water partition coefficient (Wildman–Crippen LogP) is 2.04. The Bertz CT molecular complexity index is 419. The van der Waals surface area contributed by atoms with Crippen LogP contribution in [0.4, 0.5) is 0 Å². The molecular formula is C14H24N4S. The smallest absolute Gasteiger partial charge is 0.0951 e. The molecule has 1 saturated heterocycles. The molecule has 1 aromatic rings. The zero-order chi connectivity index (χ0) is 13.4. The van der Waals surface area contributed by atoms with Gasteiger partial charge in [-0.2, -0.15) is 11.8 Å². The van der Waals surface area contributed by atoms with Crippen molar-refractivity contribution in [1.82, 2.24) is 14.5 Å². The van der Waals surface area contributed by atoms with Crippen molar-refractivity contribution in [2.75, 3.05) is 19.6 Å². The summed E-state index contributed by atoms with van der Waals surface area (Å²) >= 11 is 2.09. The summed E-state index contributed by atoms with van der Waals surface area (Å²) in [5, 5.41) is 1.38. The molecule has 1 aliphatic heterocycles. The lowest BCUT2D eigenvalue weighted by molar-refractivity contribution is 0.192. The first-order chi connectivity index (χ1) is 9.19. The summed E-state index contributed by atoms with van der Waals surface area (Å²) in [6, 6.07) is 1.01. The molecule has 1 aromatic heterocycles. The Kier molecular flexibility index (Phi) is 3.87. The third-order valence-electron chi connectivity index (χ3n) is 4.09. The molecule has 106 valence electrons. The van der Waals surface area contributed by atoms with E-state index in [1.807, 2.05) is 12.5 Å². The minimum Gasteiger partial charge on any atom is -0.330 e. The van der Waals surface area contributed by atoms with Crippen molar-refractivity contribution < 1.29 is 0 Å². The quantitative estimate of drug-likeness (QED) is 0.917. The molecule has 5 heteroatoms. The highest BCUT2D eigenvalue weighted by Gasteiger charge is 2.32. The maximum Gasteiger partial charge on any atom is 0.0951 e. The third kappa shape index (κ3) is 2.83. The first kappa shape index (κ1) is 13.5. The van der Waals surface area contributed by atoms with Gasteiger partial charge in [-0.25, -0.2) is 4.98 Å². The third-order valence-corrected chi connectivity index (χ3v) is 5.32. The second-order valence-electron chi connectivity index (χ2n) is 5.92. The Morgan fingerprint density at radius 2 is 2.05 bits per heavy atom. The number of thioether (sulfide) groups is 1. The van der Waals surface area contributed by atoms with E-state index in [2.05, 4.69) is 40.1 Å². The van der Waals surface area contributed by atoms with Gasteiger partial charge < -0.3 is 10.3 Å². The van der Waals surface area contributed by atoms with E-state index in [1.54, 1.807) is 0 Å². The number of imidazole rings is 1. The highest BCUT2D eigenvalue weighted by Crippen LogP contribution is 2.38. The second kappa shape index (κ2) is 5.46. The molecule has 0 bridgehead atoms. The maximum atomic E-state index is 6.09. The minimum atomic E-state index is 0.328. The predicted molar refractivity (Wildman–Crippen MR) is 80.4 cm³/mol. The zero-order valence-electron chi connectivity index (χ0n) is 11.8. The highest BCUT2D eigenvalue weighted by atomic mass is 32.2. The van der Waals surface area contributed by atoms with E-state index in [4.69, 9.17) is 5.73 Å². The molecule has 1 saturated carbocycles. The molecule has 1 aliphatic carbocycles. The molecular weight excluding hydrogens is 256 g/mol. The summed E-state index contributed by atoms with van der Waals surface area (Å²) < 4.78 is 2.36. The molecule has 2 fully saturated rings. The van der Waals surface area contributed by atoms with Crippen molar-refractivity contribution >= 4 is 11.8 Å². The van der Waals surface area contributed by atoms with Gasteiger partial charge in [-0.15, -0.1) is 0 Å². The van der Waals surface area contributed by atoms with Gasteiger partial charge in [-0.05, 0) is 12.8 Å². The first-order valence-electron chi connectivity index (χ1n) is 7.30. The molecule has 3 unspecified atom stereocenters. The number of hydrogen-bond donors (Lipinski definition) is 1. The van der Waals surface area contributed by atoms with Crippen molar-refractivity contribution in [2.45, 2.75) is 49.3 Å². The van der Waals surface area contributed by atoms with Crippen LogP contribution in [0.3, 0.4) is 0 Å². The lowest BCUT2D eigenvalue weighted by Gasteiger charge is -2.39. The van der Waals surface area contributed by atoms with Crippen LogP contribution in [0.5, 0.6) is 0 Å². The topological polar surface area (TPSA) is 47.1 Å². The molecule has 2 heterocycles. The van der Waals surface area contributed by atoms with Gasteiger partial charge >= 0.3 is 0 Å². The lowest BCUT2D eigenvalue weighted by Crippen LogP contribution is -2.45. The van der Waals surface area contributed by atoms with Crippen LogP contribution in [0.25, 0.3) is 0 Å². The van der Waals surface area contributed by atoms with Crippen LogP contribution < -0.4 is 5.73 Å². The Morgan fingerprint density at radius 1 is 1.37 bits per heavy atom. The Balaban J connectivity index is 1.81. The Labute approximate surface area is 119 Å². The molecule has 0 spiro atoms. The average molecular weight is 280 g/mol. The number of nitrogens with two attached hydrogens (primary N) is 1. The van der Waals surface area contributed by atoms with Crippen molar-refractivity contribution in [2.24, 2.45) is 5.73 Å². The van der Waals surface area contributed by atoms with Crippen molar-refractivity contribution in [3.8, 4) is 0 Å². The summed E-state index contributed by atoms with van der Waals surface area (Å²) in [6.07, 6.45) is 6.60. The van der Waals surface area contributed by atoms with Gasteiger partial charge in [-0.1, -0.05) is 13.8 Å². The van der Waals surface area contributed by atoms with E-state index in [0.29, 0.717) is 29.1 Å². The van der Waals surface area contributed by atoms with E-state index in [9.17, 15) is 0 Å². The molecule has 19 heavy (non-hydrogen) atoms. The van der Waals surface area contributed by atoms with E-state index in [0.717, 1.165) is 13.1 Å². The van der Waals surface area contributed by atoms with Crippen LogP contribution in [-0.4, -0.2) is 44.6 Å². The summed E-state index contributed by atoms with van der Waals surface area (Å²) in [5.74, 6) is 0. The van der Waals surface area contributed by atoms with E-state index in [-0.39, 0.29) is 0 Å². The number of rotatable bonds is 4. The highest BCUT2D eigenvalue weighted by molar-refractivity contribution is 8.00. The molecule has 2 N–H and O–H groups in total. The molecule has 0 radical (unpaired) electrons. The maximum absolute atomic E-state index is 6.09. The normalized spacial score (nSPS) is 30.5. The van der Waals surface area contributed by atoms with Gasteiger partial charge in [0.15, 0.2) is 0 Å². The van der Waals surface area contributed by atoms with Gasteiger partial charge in [0.25, 0.3) is 0 Å². The van der Waals surface area contributed by atoms with Crippen molar-refractivity contribution in [3.63, 3.8) is 0 Å². The zero-order valence-corrected chi connectivity index (χ0v) is 12.6. The number of hydrogen-bond acceptors (Lipinski definition) is 4. The largest absolute Gasteiger partial charge is 0.330 e. The van der Waals surface area contributed by atoms with Gasteiger partial charge in [0, 0.05) is 42.4 Å². The van der Waals surface area contributed by atoms with Gasteiger partial charge in [0.2, 0.25) is 0 Å². The first-order valence-corrected chi connectivity index (χ1v) is 8.24. The van der Waals surface area contributed by atoms with Crippen LogP contribution in [-0.2, 0) is 0 Å². The summed E-state index contributed by atoms with van der Waals surface area (Å²) in [5.41, 5.74) is 7.40. The summed E-state index contributed by atoms with van der Waals surface area (Å²) in [6.45, 7) is 7.58. The average Bonchev–Trinajstić information content (AvgIpc) is 3.09. The number of nitrogens with zero attached hydrogens (tertiary/aromatic N) is 3. The van der Waals surface area contributed by atoms with Gasteiger partial charge in [0.1, 0.15) is 0 Å². The van der Waals surface area contributed by atoms with E-state index in [1.165, 1.54) is 18.5 Å². The van der Waals surface area contributed by atoms with Crippen molar-refractivity contribution in [1.29, 1.82) is 0 Å².